The maximum Gasteiger partial charge on any atom is 0.0783 e. The highest BCUT2D eigenvalue weighted by Gasteiger charge is 2.11. The standard InChI is InChI=1S/C12H18BrNO2S/c1-9(2)14-7-11(15)8-17(16)12-5-3-10(13)4-6-12/h3-6,9,11,14-15H,7-8H2,1-2H3. The molecule has 0 radical (unpaired) electrons. The number of halogens is 1. The van der Waals surface area contributed by atoms with E-state index < -0.39 is 16.9 Å². The van der Waals surface area contributed by atoms with Gasteiger partial charge in [0.05, 0.1) is 22.7 Å². The van der Waals surface area contributed by atoms with Gasteiger partial charge in [0, 0.05) is 22.0 Å². The summed E-state index contributed by atoms with van der Waals surface area (Å²) < 4.78 is 12.9. The highest BCUT2D eigenvalue weighted by molar-refractivity contribution is 9.10. The fourth-order valence-electron chi connectivity index (χ4n) is 1.29. The molecule has 2 N–H and O–H groups in total. The maximum atomic E-state index is 11.9. The van der Waals surface area contributed by atoms with E-state index in [9.17, 15) is 9.32 Å². The zero-order chi connectivity index (χ0) is 12.8. The summed E-state index contributed by atoms with van der Waals surface area (Å²) in [5.74, 6) is 0.265. The van der Waals surface area contributed by atoms with Crippen molar-refractivity contribution >= 4 is 26.7 Å². The Kier molecular flexibility index (Phi) is 6.33. The summed E-state index contributed by atoms with van der Waals surface area (Å²) in [6, 6.07) is 7.65. The molecule has 1 aromatic carbocycles. The molecule has 0 aliphatic heterocycles. The zero-order valence-corrected chi connectivity index (χ0v) is 12.4. The minimum absolute atomic E-state index is 0.265. The molecule has 2 atom stereocenters. The lowest BCUT2D eigenvalue weighted by atomic mass is 10.3. The largest absolute Gasteiger partial charge is 0.391 e. The molecule has 0 fully saturated rings. The van der Waals surface area contributed by atoms with E-state index in [1.54, 1.807) is 0 Å². The van der Waals surface area contributed by atoms with Crippen LogP contribution >= 0.6 is 15.9 Å². The van der Waals surface area contributed by atoms with Crippen LogP contribution in [0.1, 0.15) is 13.8 Å². The lowest BCUT2D eigenvalue weighted by Gasteiger charge is -2.13. The predicted octanol–water partition coefficient (Wildman–Crippen LogP) is 1.92. The summed E-state index contributed by atoms with van der Waals surface area (Å²) in [5, 5.41) is 12.8. The molecule has 5 heteroatoms. The van der Waals surface area contributed by atoms with Gasteiger partial charge in [0.25, 0.3) is 0 Å². The third-order valence-corrected chi connectivity index (χ3v) is 4.20. The monoisotopic (exact) mass is 319 g/mol. The van der Waals surface area contributed by atoms with Crippen LogP contribution in [0.15, 0.2) is 33.6 Å². The quantitative estimate of drug-likeness (QED) is 0.842. The molecule has 0 spiro atoms. The Balaban J connectivity index is 2.46. The first kappa shape index (κ1) is 14.8. The molecule has 0 heterocycles. The molecule has 0 aliphatic rings. The zero-order valence-electron chi connectivity index (χ0n) is 10.0. The molecule has 0 aromatic heterocycles. The van der Waals surface area contributed by atoms with E-state index in [-0.39, 0.29) is 5.75 Å². The van der Waals surface area contributed by atoms with Crippen LogP contribution in [-0.2, 0) is 10.8 Å². The highest BCUT2D eigenvalue weighted by atomic mass is 79.9. The van der Waals surface area contributed by atoms with Gasteiger partial charge in [-0.2, -0.15) is 0 Å². The van der Waals surface area contributed by atoms with Crippen LogP contribution in [0.25, 0.3) is 0 Å². The van der Waals surface area contributed by atoms with Gasteiger partial charge in [-0.05, 0) is 24.3 Å². The fraction of sp³-hybridized carbons (Fsp3) is 0.500. The van der Waals surface area contributed by atoms with Gasteiger partial charge in [-0.3, -0.25) is 4.21 Å². The summed E-state index contributed by atoms with van der Waals surface area (Å²) in [4.78, 5) is 0.747. The number of rotatable bonds is 6. The van der Waals surface area contributed by atoms with Gasteiger partial charge in [-0.1, -0.05) is 29.8 Å². The van der Waals surface area contributed by atoms with Crippen molar-refractivity contribution in [2.45, 2.75) is 30.9 Å². The minimum atomic E-state index is -1.15. The second-order valence-electron chi connectivity index (χ2n) is 4.18. The van der Waals surface area contributed by atoms with Gasteiger partial charge in [0.2, 0.25) is 0 Å². The molecule has 1 rings (SSSR count). The van der Waals surface area contributed by atoms with Gasteiger partial charge in [-0.25, -0.2) is 0 Å². The molecule has 2 unspecified atom stereocenters. The Morgan fingerprint density at radius 2 is 1.94 bits per heavy atom. The first-order valence-electron chi connectivity index (χ1n) is 5.54. The van der Waals surface area contributed by atoms with E-state index in [1.807, 2.05) is 38.1 Å². The Morgan fingerprint density at radius 3 is 2.47 bits per heavy atom. The Labute approximate surface area is 113 Å². The molecular formula is C12H18BrNO2S. The molecule has 3 nitrogen and oxygen atoms in total. The van der Waals surface area contributed by atoms with Crippen molar-refractivity contribution in [1.29, 1.82) is 0 Å². The molecule has 17 heavy (non-hydrogen) atoms. The van der Waals surface area contributed by atoms with E-state index in [0.29, 0.717) is 12.6 Å². The lowest BCUT2D eigenvalue weighted by molar-refractivity contribution is 0.191. The number of aliphatic hydroxyl groups excluding tert-OH is 1. The first-order chi connectivity index (χ1) is 7.99. The van der Waals surface area contributed by atoms with Crippen molar-refractivity contribution in [3.8, 4) is 0 Å². The van der Waals surface area contributed by atoms with E-state index in [2.05, 4.69) is 21.2 Å². The Hall–Kier alpha value is -0.230. The number of hydrogen-bond acceptors (Lipinski definition) is 3. The molecular weight excluding hydrogens is 302 g/mol. The number of hydrogen-bond donors (Lipinski definition) is 2. The van der Waals surface area contributed by atoms with Crippen LogP contribution in [-0.4, -0.2) is 33.8 Å². The maximum absolute atomic E-state index is 11.9. The fourth-order valence-corrected chi connectivity index (χ4v) is 2.65. The minimum Gasteiger partial charge on any atom is -0.391 e. The Morgan fingerprint density at radius 1 is 1.35 bits per heavy atom. The topological polar surface area (TPSA) is 49.3 Å². The summed E-state index contributed by atoms with van der Waals surface area (Å²) in [5.41, 5.74) is 0. The van der Waals surface area contributed by atoms with Gasteiger partial charge in [0.1, 0.15) is 0 Å². The van der Waals surface area contributed by atoms with Gasteiger partial charge < -0.3 is 10.4 Å². The second-order valence-corrected chi connectivity index (χ2v) is 6.59. The summed E-state index contributed by atoms with van der Waals surface area (Å²) >= 11 is 3.33. The molecule has 0 saturated heterocycles. The second kappa shape index (κ2) is 7.26. The smallest absolute Gasteiger partial charge is 0.0783 e. The molecule has 0 bridgehead atoms. The molecule has 1 aromatic rings. The third-order valence-electron chi connectivity index (χ3n) is 2.18. The van der Waals surface area contributed by atoms with Crippen LogP contribution in [0.2, 0.25) is 0 Å². The molecule has 0 aliphatic carbocycles. The van der Waals surface area contributed by atoms with Crippen LogP contribution in [0, 0.1) is 0 Å². The van der Waals surface area contributed by atoms with Crippen molar-refractivity contribution < 1.29 is 9.32 Å². The SMILES string of the molecule is CC(C)NCC(O)CS(=O)c1ccc(Br)cc1. The van der Waals surface area contributed by atoms with E-state index >= 15 is 0 Å². The van der Waals surface area contributed by atoms with Gasteiger partial charge >= 0.3 is 0 Å². The van der Waals surface area contributed by atoms with Gasteiger partial charge in [-0.15, -0.1) is 0 Å². The summed E-state index contributed by atoms with van der Waals surface area (Å²) in [6.07, 6.45) is -0.582. The summed E-state index contributed by atoms with van der Waals surface area (Å²) in [6.45, 7) is 4.50. The van der Waals surface area contributed by atoms with Crippen molar-refractivity contribution in [2.24, 2.45) is 0 Å². The molecule has 0 amide bonds. The predicted molar refractivity (Wildman–Crippen MR) is 74.6 cm³/mol. The van der Waals surface area contributed by atoms with Crippen molar-refractivity contribution in [3.63, 3.8) is 0 Å². The molecule has 96 valence electrons. The number of nitrogens with one attached hydrogen (secondary N) is 1. The van der Waals surface area contributed by atoms with E-state index in [4.69, 9.17) is 0 Å². The van der Waals surface area contributed by atoms with Crippen LogP contribution in [0.3, 0.4) is 0 Å². The van der Waals surface area contributed by atoms with Crippen LogP contribution in [0.4, 0.5) is 0 Å². The average Bonchev–Trinajstić information content (AvgIpc) is 2.27. The van der Waals surface area contributed by atoms with E-state index in [0.717, 1.165) is 9.37 Å². The van der Waals surface area contributed by atoms with E-state index in [1.165, 1.54) is 0 Å². The summed E-state index contributed by atoms with van der Waals surface area (Å²) in [7, 11) is -1.15. The normalized spacial score (nSPS) is 14.9. The van der Waals surface area contributed by atoms with Gasteiger partial charge in [0.15, 0.2) is 0 Å². The average molecular weight is 320 g/mol. The van der Waals surface area contributed by atoms with Crippen molar-refractivity contribution in [2.75, 3.05) is 12.3 Å². The lowest BCUT2D eigenvalue weighted by Crippen LogP contribution is -2.34. The van der Waals surface area contributed by atoms with Crippen LogP contribution < -0.4 is 5.32 Å². The third kappa shape index (κ3) is 5.77. The number of benzene rings is 1. The first-order valence-corrected chi connectivity index (χ1v) is 7.65. The van der Waals surface area contributed by atoms with Crippen LogP contribution in [0.5, 0.6) is 0 Å². The molecule has 0 saturated carbocycles. The van der Waals surface area contributed by atoms with Crippen molar-refractivity contribution in [1.82, 2.24) is 5.32 Å². The highest BCUT2D eigenvalue weighted by Crippen LogP contribution is 2.13. The number of aliphatic hydroxyl groups is 1. The van der Waals surface area contributed by atoms with Crippen molar-refractivity contribution in [3.05, 3.63) is 28.7 Å². The Bertz CT molecular complexity index is 367.